The Labute approximate surface area is 122 Å². The fourth-order valence-corrected chi connectivity index (χ4v) is 3.83. The van der Waals surface area contributed by atoms with Crippen molar-refractivity contribution in [1.82, 2.24) is 10.2 Å². The Morgan fingerprint density at radius 3 is 2.32 bits per heavy atom. The third-order valence-electron chi connectivity index (χ3n) is 5.38. The lowest BCUT2D eigenvalue weighted by atomic mass is 9.82. The van der Waals surface area contributed by atoms with Gasteiger partial charge in [0.25, 0.3) is 0 Å². The number of carbonyl (C=O) groups is 1. The molecule has 2 heterocycles. The van der Waals surface area contributed by atoms with Crippen molar-refractivity contribution < 1.29 is 4.79 Å². The first-order chi connectivity index (χ1) is 8.72. The van der Waals surface area contributed by atoms with E-state index in [1.54, 1.807) is 0 Å². The number of halogens is 1. The highest BCUT2D eigenvalue weighted by Gasteiger charge is 2.36. The molecule has 1 saturated carbocycles. The van der Waals surface area contributed by atoms with E-state index < -0.39 is 0 Å². The zero-order valence-corrected chi connectivity index (χ0v) is 12.8. The lowest BCUT2D eigenvalue weighted by molar-refractivity contribution is -0.133. The number of fused-ring (bicyclic) bond motifs is 2. The molecule has 19 heavy (non-hydrogen) atoms. The van der Waals surface area contributed by atoms with Crippen LogP contribution in [0.15, 0.2) is 0 Å². The van der Waals surface area contributed by atoms with Crippen LogP contribution in [-0.4, -0.2) is 36.0 Å². The fourth-order valence-electron chi connectivity index (χ4n) is 3.83. The predicted molar refractivity (Wildman–Crippen MR) is 79.6 cm³/mol. The van der Waals surface area contributed by atoms with Crippen molar-refractivity contribution in [3.05, 3.63) is 0 Å². The third-order valence-corrected chi connectivity index (χ3v) is 5.38. The lowest BCUT2D eigenvalue weighted by Gasteiger charge is -2.36. The number of rotatable bonds is 4. The van der Waals surface area contributed by atoms with Gasteiger partial charge in [0.1, 0.15) is 0 Å². The lowest BCUT2D eigenvalue weighted by Crippen LogP contribution is -2.48. The van der Waals surface area contributed by atoms with Crippen LogP contribution >= 0.6 is 12.4 Å². The summed E-state index contributed by atoms with van der Waals surface area (Å²) >= 11 is 0. The van der Waals surface area contributed by atoms with Crippen LogP contribution in [0.4, 0.5) is 0 Å². The summed E-state index contributed by atoms with van der Waals surface area (Å²) in [6.07, 6.45) is 11.0. The number of piperidine rings is 1. The molecule has 0 spiro atoms. The Balaban J connectivity index is 0.00000133. The molecule has 2 atom stereocenters. The number of nitrogens with zero attached hydrogens (tertiary/aromatic N) is 1. The molecule has 2 aliphatic heterocycles. The van der Waals surface area contributed by atoms with Crippen molar-refractivity contribution in [2.45, 2.75) is 75.9 Å². The highest BCUT2D eigenvalue weighted by Crippen LogP contribution is 2.32. The molecule has 0 aromatic heterocycles. The van der Waals surface area contributed by atoms with Crippen LogP contribution in [0.3, 0.4) is 0 Å². The molecule has 0 radical (unpaired) electrons. The molecule has 0 aromatic rings. The fraction of sp³-hybridized carbons (Fsp3) is 0.933. The smallest absolute Gasteiger partial charge is 0.222 e. The molecule has 2 saturated heterocycles. The minimum absolute atomic E-state index is 0. The molecule has 1 amide bonds. The molecule has 2 bridgehead atoms. The number of hydrogen-bond acceptors (Lipinski definition) is 2. The normalized spacial score (nSPS) is 33.4. The van der Waals surface area contributed by atoms with Crippen molar-refractivity contribution >= 4 is 18.3 Å². The van der Waals surface area contributed by atoms with Crippen molar-refractivity contribution in [2.24, 2.45) is 5.92 Å². The Bertz CT molecular complexity index is 307. The van der Waals surface area contributed by atoms with Crippen LogP contribution < -0.4 is 5.32 Å². The molecule has 3 fully saturated rings. The minimum atomic E-state index is 0. The zero-order valence-electron chi connectivity index (χ0n) is 11.9. The molecule has 4 heteroatoms. The van der Waals surface area contributed by atoms with Gasteiger partial charge in [-0.15, -0.1) is 12.4 Å². The van der Waals surface area contributed by atoms with E-state index in [1.165, 1.54) is 44.9 Å². The molecular weight excluding hydrogens is 260 g/mol. The second-order valence-corrected chi connectivity index (χ2v) is 6.60. The van der Waals surface area contributed by atoms with Crippen molar-refractivity contribution in [3.63, 3.8) is 0 Å². The van der Waals surface area contributed by atoms with E-state index in [9.17, 15) is 4.79 Å². The van der Waals surface area contributed by atoms with E-state index in [2.05, 4.69) is 10.2 Å². The zero-order chi connectivity index (χ0) is 12.5. The highest BCUT2D eigenvalue weighted by molar-refractivity contribution is 5.85. The Hall–Kier alpha value is -0.280. The van der Waals surface area contributed by atoms with Crippen LogP contribution in [0.2, 0.25) is 0 Å². The Morgan fingerprint density at radius 1 is 1.16 bits per heavy atom. The molecule has 1 N–H and O–H groups in total. The topological polar surface area (TPSA) is 32.3 Å². The molecule has 2 unspecified atom stereocenters. The van der Waals surface area contributed by atoms with Gasteiger partial charge in [-0.2, -0.15) is 0 Å². The molecule has 3 aliphatic rings. The van der Waals surface area contributed by atoms with Gasteiger partial charge in [0.2, 0.25) is 5.91 Å². The quantitative estimate of drug-likeness (QED) is 0.862. The van der Waals surface area contributed by atoms with E-state index in [-0.39, 0.29) is 12.4 Å². The summed E-state index contributed by atoms with van der Waals surface area (Å²) in [5.74, 6) is 1.24. The van der Waals surface area contributed by atoms with Crippen LogP contribution in [-0.2, 0) is 4.79 Å². The van der Waals surface area contributed by atoms with Gasteiger partial charge in [-0.05, 0) is 38.0 Å². The molecule has 1 aliphatic carbocycles. The second-order valence-electron chi connectivity index (χ2n) is 6.60. The average molecular weight is 287 g/mol. The number of amides is 1. The average Bonchev–Trinajstić information content (AvgIpc) is 2.65. The first kappa shape index (κ1) is 15.1. The summed E-state index contributed by atoms with van der Waals surface area (Å²) in [7, 11) is 2.03. The van der Waals surface area contributed by atoms with Crippen molar-refractivity contribution in [2.75, 3.05) is 7.05 Å². The Kier molecular flexibility index (Phi) is 5.13. The first-order valence-corrected chi connectivity index (χ1v) is 7.74. The summed E-state index contributed by atoms with van der Waals surface area (Å²) in [5.41, 5.74) is 0. The van der Waals surface area contributed by atoms with Gasteiger partial charge in [0.05, 0.1) is 0 Å². The largest absolute Gasteiger partial charge is 0.343 e. The molecule has 110 valence electrons. The van der Waals surface area contributed by atoms with E-state index in [4.69, 9.17) is 0 Å². The van der Waals surface area contributed by atoms with Crippen molar-refractivity contribution in [1.29, 1.82) is 0 Å². The SMILES string of the molecule is CN(C(=O)CCC1CCC1)C1CC2CCC(C1)N2.Cl. The van der Waals surface area contributed by atoms with Crippen molar-refractivity contribution in [3.8, 4) is 0 Å². The van der Waals surface area contributed by atoms with Gasteiger partial charge in [-0.3, -0.25) is 4.79 Å². The second kappa shape index (κ2) is 6.45. The van der Waals surface area contributed by atoms with Gasteiger partial charge in [-0.1, -0.05) is 19.3 Å². The van der Waals surface area contributed by atoms with Gasteiger partial charge < -0.3 is 10.2 Å². The third kappa shape index (κ3) is 3.43. The van der Waals surface area contributed by atoms with Crippen LogP contribution in [0, 0.1) is 5.92 Å². The Morgan fingerprint density at radius 2 is 1.79 bits per heavy atom. The molecule has 3 rings (SSSR count). The van der Waals surface area contributed by atoms with Crippen LogP contribution in [0.25, 0.3) is 0 Å². The van der Waals surface area contributed by atoms with Gasteiger partial charge in [0, 0.05) is 31.6 Å². The van der Waals surface area contributed by atoms with E-state index in [1.807, 2.05) is 7.05 Å². The number of hydrogen-bond donors (Lipinski definition) is 1. The highest BCUT2D eigenvalue weighted by atomic mass is 35.5. The number of nitrogens with one attached hydrogen (secondary N) is 1. The van der Waals surface area contributed by atoms with E-state index in [0.717, 1.165) is 18.8 Å². The minimum Gasteiger partial charge on any atom is -0.343 e. The van der Waals surface area contributed by atoms with Crippen LogP contribution in [0.5, 0.6) is 0 Å². The summed E-state index contributed by atoms with van der Waals surface area (Å²) in [5, 5.41) is 3.64. The van der Waals surface area contributed by atoms with Gasteiger partial charge in [-0.25, -0.2) is 0 Å². The van der Waals surface area contributed by atoms with Gasteiger partial charge >= 0.3 is 0 Å². The summed E-state index contributed by atoms with van der Waals surface area (Å²) < 4.78 is 0. The number of carbonyl (C=O) groups excluding carboxylic acids is 1. The monoisotopic (exact) mass is 286 g/mol. The standard InChI is InChI=1S/C15H26N2O.ClH/c1-17(15(18)8-5-11-3-2-4-11)14-9-12-6-7-13(10-14)16-12;/h11-14,16H,2-10H2,1H3;1H. The molecule has 3 nitrogen and oxygen atoms in total. The first-order valence-electron chi connectivity index (χ1n) is 7.74. The maximum Gasteiger partial charge on any atom is 0.222 e. The van der Waals surface area contributed by atoms with Crippen LogP contribution in [0.1, 0.15) is 57.8 Å². The summed E-state index contributed by atoms with van der Waals surface area (Å²) in [6.45, 7) is 0. The van der Waals surface area contributed by atoms with E-state index >= 15 is 0 Å². The predicted octanol–water partition coefficient (Wildman–Crippen LogP) is 2.73. The maximum absolute atomic E-state index is 12.2. The molecule has 0 aromatic carbocycles. The summed E-state index contributed by atoms with van der Waals surface area (Å²) in [6, 6.07) is 1.85. The van der Waals surface area contributed by atoms with Gasteiger partial charge in [0.15, 0.2) is 0 Å². The van der Waals surface area contributed by atoms with E-state index in [0.29, 0.717) is 24.0 Å². The summed E-state index contributed by atoms with van der Waals surface area (Å²) in [4.78, 5) is 14.3. The maximum atomic E-state index is 12.2. The molecular formula is C15H27ClN2O.